The lowest BCUT2D eigenvalue weighted by atomic mass is 9.98. The van der Waals surface area contributed by atoms with E-state index in [2.05, 4.69) is 27.2 Å². The Bertz CT molecular complexity index is 1390. The number of benzene rings is 2. The number of carbonyl (C=O) groups is 3. The number of halogens is 1. The fraction of sp³-hybridized carbons (Fsp3) is 0.250. The molecule has 2 amide bonds. The number of carbonyl (C=O) groups excluding carboxylic acids is 3. The van der Waals surface area contributed by atoms with Crippen LogP contribution in [0.25, 0.3) is 0 Å². The van der Waals surface area contributed by atoms with Crippen molar-refractivity contribution in [2.75, 3.05) is 11.9 Å². The molecule has 0 spiro atoms. The Morgan fingerprint density at radius 2 is 1.97 bits per heavy atom. The van der Waals surface area contributed by atoms with Crippen LogP contribution >= 0.6 is 0 Å². The summed E-state index contributed by atoms with van der Waals surface area (Å²) in [6.45, 7) is 7.20. The van der Waals surface area contributed by atoms with Crippen molar-refractivity contribution in [2.24, 2.45) is 0 Å². The molecule has 0 aliphatic heterocycles. The van der Waals surface area contributed by atoms with Gasteiger partial charge in [0.25, 0.3) is 5.91 Å². The highest BCUT2D eigenvalue weighted by Crippen LogP contribution is 2.35. The van der Waals surface area contributed by atoms with Crippen molar-refractivity contribution in [3.05, 3.63) is 100 Å². The second-order valence-corrected chi connectivity index (χ2v) is 8.85. The van der Waals surface area contributed by atoms with Gasteiger partial charge in [0.2, 0.25) is 5.91 Å². The van der Waals surface area contributed by atoms with Gasteiger partial charge in [0.05, 0.1) is 18.0 Å². The van der Waals surface area contributed by atoms with Gasteiger partial charge in [0.15, 0.2) is 0 Å². The Balaban J connectivity index is 1.41. The van der Waals surface area contributed by atoms with Crippen molar-refractivity contribution < 1.29 is 23.5 Å². The van der Waals surface area contributed by atoms with E-state index in [9.17, 15) is 18.8 Å². The van der Waals surface area contributed by atoms with Crippen LogP contribution in [0, 0.1) is 19.7 Å². The van der Waals surface area contributed by atoms with E-state index in [1.165, 1.54) is 24.5 Å². The molecule has 1 aromatic heterocycles. The standard InChI is InChI=1S/C28H27FN4O4/c1-4-11-37-28(36)20-6-7-21-19(17(20)3)8-10-23(21)32-27(35)24-14-25(31-15-30-24)33-26(34)13-18-5-9-22(29)16(2)12-18/h4-7,9,12,14-15,23H,1,8,10-11,13H2,2-3H3,(H,32,35)(H,30,31,33,34)/t23-/m0/s1. The van der Waals surface area contributed by atoms with Crippen LogP contribution in [0.15, 0.2) is 55.4 Å². The fourth-order valence-corrected chi connectivity index (χ4v) is 4.43. The highest BCUT2D eigenvalue weighted by atomic mass is 19.1. The molecule has 1 heterocycles. The van der Waals surface area contributed by atoms with E-state index in [1.807, 2.05) is 13.0 Å². The molecule has 37 heavy (non-hydrogen) atoms. The average molecular weight is 503 g/mol. The lowest BCUT2D eigenvalue weighted by Gasteiger charge is -2.16. The maximum absolute atomic E-state index is 13.5. The summed E-state index contributed by atoms with van der Waals surface area (Å²) in [6.07, 6.45) is 4.15. The van der Waals surface area contributed by atoms with Crippen molar-refractivity contribution in [3.63, 3.8) is 0 Å². The van der Waals surface area contributed by atoms with Gasteiger partial charge < -0.3 is 15.4 Å². The molecule has 1 aliphatic carbocycles. The third-order valence-corrected chi connectivity index (χ3v) is 6.30. The number of aryl methyl sites for hydroxylation is 1. The average Bonchev–Trinajstić information content (AvgIpc) is 3.28. The third kappa shape index (κ3) is 5.88. The number of fused-ring (bicyclic) bond motifs is 1. The summed E-state index contributed by atoms with van der Waals surface area (Å²) in [4.78, 5) is 45.8. The summed E-state index contributed by atoms with van der Waals surface area (Å²) in [7, 11) is 0. The predicted molar refractivity (Wildman–Crippen MR) is 136 cm³/mol. The second-order valence-electron chi connectivity index (χ2n) is 8.85. The minimum atomic E-state index is -0.406. The molecule has 190 valence electrons. The van der Waals surface area contributed by atoms with Gasteiger partial charge in [-0.3, -0.25) is 9.59 Å². The first-order chi connectivity index (χ1) is 17.8. The first kappa shape index (κ1) is 25.7. The number of anilines is 1. The van der Waals surface area contributed by atoms with E-state index >= 15 is 0 Å². The number of rotatable bonds is 8. The van der Waals surface area contributed by atoms with E-state index < -0.39 is 11.9 Å². The number of nitrogens with one attached hydrogen (secondary N) is 2. The molecular formula is C28H27FN4O4. The SMILES string of the molecule is C=CCOC(=O)c1ccc2c(c1C)CC[C@@H]2NC(=O)c1cc(NC(=O)Cc2ccc(F)c(C)c2)ncn1. The van der Waals surface area contributed by atoms with Crippen molar-refractivity contribution in [3.8, 4) is 0 Å². The summed E-state index contributed by atoms with van der Waals surface area (Å²) in [6, 6.07) is 9.20. The molecule has 9 heteroatoms. The number of ether oxygens (including phenoxy) is 1. The van der Waals surface area contributed by atoms with Gasteiger partial charge in [-0.05, 0) is 66.6 Å². The predicted octanol–water partition coefficient (Wildman–Crippen LogP) is 4.17. The lowest BCUT2D eigenvalue weighted by molar-refractivity contribution is -0.115. The summed E-state index contributed by atoms with van der Waals surface area (Å²) in [5.74, 6) is -1.30. The molecule has 0 fully saturated rings. The van der Waals surface area contributed by atoms with Crippen LogP contribution in [0.2, 0.25) is 0 Å². The molecule has 0 saturated heterocycles. The maximum atomic E-state index is 13.5. The Kier molecular flexibility index (Phi) is 7.71. The summed E-state index contributed by atoms with van der Waals surface area (Å²) in [5, 5.41) is 5.64. The zero-order valence-electron chi connectivity index (χ0n) is 20.6. The smallest absolute Gasteiger partial charge is 0.338 e. The molecule has 2 N–H and O–H groups in total. The molecule has 0 unspecified atom stereocenters. The molecule has 8 nitrogen and oxygen atoms in total. The number of nitrogens with zero attached hydrogens (tertiary/aromatic N) is 2. The van der Waals surface area contributed by atoms with Crippen LogP contribution in [0.1, 0.15) is 61.1 Å². The number of hydrogen-bond acceptors (Lipinski definition) is 6. The van der Waals surface area contributed by atoms with Crippen LogP contribution in [0.5, 0.6) is 0 Å². The van der Waals surface area contributed by atoms with Gasteiger partial charge in [-0.2, -0.15) is 0 Å². The number of esters is 1. The van der Waals surface area contributed by atoms with E-state index in [-0.39, 0.29) is 42.3 Å². The molecule has 4 rings (SSSR count). The first-order valence-electron chi connectivity index (χ1n) is 11.8. The van der Waals surface area contributed by atoms with E-state index in [0.29, 0.717) is 29.5 Å². The third-order valence-electron chi connectivity index (χ3n) is 6.30. The quantitative estimate of drug-likeness (QED) is 0.353. The minimum absolute atomic E-state index is 0.0357. The van der Waals surface area contributed by atoms with Crippen LogP contribution in [0.3, 0.4) is 0 Å². The maximum Gasteiger partial charge on any atom is 0.338 e. The Labute approximate surface area is 214 Å². The van der Waals surface area contributed by atoms with Crippen molar-refractivity contribution >= 4 is 23.6 Å². The molecule has 1 aliphatic rings. The summed E-state index contributed by atoms with van der Waals surface area (Å²) < 4.78 is 18.6. The van der Waals surface area contributed by atoms with Crippen LogP contribution in [-0.4, -0.2) is 34.4 Å². The molecule has 0 saturated carbocycles. The number of hydrogen-bond donors (Lipinski definition) is 2. The number of aromatic nitrogens is 2. The normalized spacial score (nSPS) is 14.0. The Hall–Kier alpha value is -4.40. The molecule has 3 aromatic rings. The molecular weight excluding hydrogens is 475 g/mol. The van der Waals surface area contributed by atoms with Gasteiger partial charge in [-0.1, -0.05) is 30.9 Å². The van der Waals surface area contributed by atoms with Crippen molar-refractivity contribution in [1.82, 2.24) is 15.3 Å². The zero-order chi connectivity index (χ0) is 26.5. The van der Waals surface area contributed by atoms with Gasteiger partial charge in [-0.15, -0.1) is 0 Å². The molecule has 2 aromatic carbocycles. The van der Waals surface area contributed by atoms with Crippen molar-refractivity contribution in [2.45, 2.75) is 39.2 Å². The van der Waals surface area contributed by atoms with Gasteiger partial charge in [-0.25, -0.2) is 19.2 Å². The second kappa shape index (κ2) is 11.1. The van der Waals surface area contributed by atoms with Crippen LogP contribution in [0.4, 0.5) is 10.2 Å². The largest absolute Gasteiger partial charge is 0.458 e. The Morgan fingerprint density at radius 3 is 2.73 bits per heavy atom. The van der Waals surface area contributed by atoms with Gasteiger partial charge in [0, 0.05) is 6.07 Å². The van der Waals surface area contributed by atoms with Gasteiger partial charge >= 0.3 is 5.97 Å². The van der Waals surface area contributed by atoms with E-state index in [1.54, 1.807) is 25.1 Å². The van der Waals surface area contributed by atoms with E-state index in [0.717, 1.165) is 16.7 Å². The monoisotopic (exact) mass is 502 g/mol. The van der Waals surface area contributed by atoms with Crippen LogP contribution < -0.4 is 10.6 Å². The number of amides is 2. The zero-order valence-corrected chi connectivity index (χ0v) is 20.6. The highest BCUT2D eigenvalue weighted by molar-refractivity contribution is 5.96. The fourth-order valence-electron chi connectivity index (χ4n) is 4.43. The topological polar surface area (TPSA) is 110 Å². The first-order valence-corrected chi connectivity index (χ1v) is 11.8. The van der Waals surface area contributed by atoms with Crippen LogP contribution in [-0.2, 0) is 22.4 Å². The highest BCUT2D eigenvalue weighted by Gasteiger charge is 2.28. The molecule has 0 radical (unpaired) electrons. The Morgan fingerprint density at radius 1 is 1.16 bits per heavy atom. The molecule has 0 bridgehead atoms. The molecule has 1 atom stereocenters. The summed E-state index contributed by atoms with van der Waals surface area (Å²) >= 11 is 0. The lowest BCUT2D eigenvalue weighted by Crippen LogP contribution is -2.28. The van der Waals surface area contributed by atoms with Gasteiger partial charge in [0.1, 0.15) is 30.3 Å². The van der Waals surface area contributed by atoms with E-state index in [4.69, 9.17) is 4.74 Å². The van der Waals surface area contributed by atoms with Crippen molar-refractivity contribution in [1.29, 1.82) is 0 Å². The summed E-state index contributed by atoms with van der Waals surface area (Å²) in [5.41, 5.74) is 4.53. The minimum Gasteiger partial charge on any atom is -0.458 e.